The molecule has 0 bridgehead atoms. The van der Waals surface area contributed by atoms with Crippen molar-refractivity contribution in [2.24, 2.45) is 0 Å². The minimum Gasteiger partial charge on any atom is -0.340 e. The maximum absolute atomic E-state index is 12.6. The fourth-order valence-corrected chi connectivity index (χ4v) is 2.24. The zero-order valence-corrected chi connectivity index (χ0v) is 11.2. The quantitative estimate of drug-likeness (QED) is 0.912. The van der Waals surface area contributed by atoms with Gasteiger partial charge in [0, 0.05) is 32.2 Å². The molecule has 0 atom stereocenters. The monoisotopic (exact) mass is 290 g/mol. The molecular weight excluding hydrogens is 273 g/mol. The SMILES string of the molecule is CCCN1CCN(c2nc(C(F)(F)F)cc(=O)[nH]2)CC1. The van der Waals surface area contributed by atoms with E-state index in [0.717, 1.165) is 26.1 Å². The lowest BCUT2D eigenvalue weighted by Crippen LogP contribution is -2.47. The van der Waals surface area contributed by atoms with Crippen molar-refractivity contribution in [2.45, 2.75) is 19.5 Å². The number of H-pyrrole nitrogens is 1. The summed E-state index contributed by atoms with van der Waals surface area (Å²) >= 11 is 0. The van der Waals surface area contributed by atoms with E-state index >= 15 is 0 Å². The summed E-state index contributed by atoms with van der Waals surface area (Å²) in [6, 6.07) is 0.483. The summed E-state index contributed by atoms with van der Waals surface area (Å²) in [6.07, 6.45) is -3.56. The minimum absolute atomic E-state index is 0.000901. The molecule has 2 rings (SSSR count). The third-order valence-electron chi connectivity index (χ3n) is 3.23. The van der Waals surface area contributed by atoms with Gasteiger partial charge in [-0.25, -0.2) is 4.98 Å². The van der Waals surface area contributed by atoms with Crippen LogP contribution in [-0.4, -0.2) is 47.6 Å². The van der Waals surface area contributed by atoms with Crippen LogP contribution in [0.15, 0.2) is 10.9 Å². The molecule has 0 unspecified atom stereocenters. The molecule has 20 heavy (non-hydrogen) atoms. The van der Waals surface area contributed by atoms with Gasteiger partial charge in [0.15, 0.2) is 5.69 Å². The number of alkyl halides is 3. The molecule has 0 aliphatic carbocycles. The van der Waals surface area contributed by atoms with Gasteiger partial charge < -0.3 is 4.90 Å². The van der Waals surface area contributed by atoms with Gasteiger partial charge in [-0.2, -0.15) is 13.2 Å². The molecule has 1 aromatic heterocycles. The molecule has 0 radical (unpaired) electrons. The molecule has 0 aromatic carbocycles. The first-order valence-electron chi connectivity index (χ1n) is 6.56. The zero-order chi connectivity index (χ0) is 14.8. The normalized spacial score (nSPS) is 17.5. The van der Waals surface area contributed by atoms with Crippen LogP contribution in [0.2, 0.25) is 0 Å². The predicted octanol–water partition coefficient (Wildman–Crippen LogP) is 1.32. The first kappa shape index (κ1) is 14.8. The molecular formula is C12H17F3N4O. The first-order valence-corrected chi connectivity index (χ1v) is 6.56. The van der Waals surface area contributed by atoms with Gasteiger partial charge >= 0.3 is 6.18 Å². The summed E-state index contributed by atoms with van der Waals surface area (Å²) in [7, 11) is 0. The number of piperazine rings is 1. The Hall–Kier alpha value is -1.57. The highest BCUT2D eigenvalue weighted by atomic mass is 19.4. The Bertz CT molecular complexity index is 506. The number of anilines is 1. The molecule has 0 saturated carbocycles. The average Bonchev–Trinajstić information content (AvgIpc) is 2.38. The van der Waals surface area contributed by atoms with Crippen molar-refractivity contribution in [3.05, 3.63) is 22.1 Å². The second-order valence-electron chi connectivity index (χ2n) is 4.78. The van der Waals surface area contributed by atoms with Crippen molar-refractivity contribution in [1.29, 1.82) is 0 Å². The standard InChI is InChI=1S/C12H17F3N4O/c1-2-3-18-4-6-19(7-5-18)11-16-9(12(13,14)15)8-10(20)17-11/h8H,2-7H2,1H3,(H,16,17,20). The van der Waals surface area contributed by atoms with Crippen LogP contribution < -0.4 is 10.5 Å². The van der Waals surface area contributed by atoms with E-state index in [4.69, 9.17) is 0 Å². The Balaban J connectivity index is 2.14. The summed E-state index contributed by atoms with van der Waals surface area (Å²) in [4.78, 5) is 21.2. The Labute approximate surface area is 114 Å². The molecule has 1 aliphatic rings. The smallest absolute Gasteiger partial charge is 0.340 e. The third kappa shape index (κ3) is 3.50. The number of halogens is 3. The van der Waals surface area contributed by atoms with Crippen LogP contribution in [0.5, 0.6) is 0 Å². The summed E-state index contributed by atoms with van der Waals surface area (Å²) in [5.41, 5.74) is -1.93. The Morgan fingerprint density at radius 1 is 1.30 bits per heavy atom. The van der Waals surface area contributed by atoms with Crippen LogP contribution >= 0.6 is 0 Å². The van der Waals surface area contributed by atoms with E-state index in [-0.39, 0.29) is 5.95 Å². The number of nitrogens with one attached hydrogen (secondary N) is 1. The van der Waals surface area contributed by atoms with Crippen molar-refractivity contribution in [3.63, 3.8) is 0 Å². The van der Waals surface area contributed by atoms with Gasteiger partial charge in [0.05, 0.1) is 0 Å². The average molecular weight is 290 g/mol. The lowest BCUT2D eigenvalue weighted by Gasteiger charge is -2.34. The highest BCUT2D eigenvalue weighted by Crippen LogP contribution is 2.27. The Kier molecular flexibility index (Phi) is 4.32. The van der Waals surface area contributed by atoms with Crippen molar-refractivity contribution in [1.82, 2.24) is 14.9 Å². The van der Waals surface area contributed by atoms with Crippen LogP contribution in [0, 0.1) is 0 Å². The summed E-state index contributed by atoms with van der Waals surface area (Å²) in [5.74, 6) is 0.000901. The number of hydrogen-bond donors (Lipinski definition) is 1. The van der Waals surface area contributed by atoms with E-state index in [1.165, 1.54) is 0 Å². The number of aromatic amines is 1. The minimum atomic E-state index is -4.60. The van der Waals surface area contributed by atoms with E-state index in [2.05, 4.69) is 21.8 Å². The summed E-state index contributed by atoms with van der Waals surface area (Å²) < 4.78 is 37.9. The van der Waals surface area contributed by atoms with Crippen molar-refractivity contribution in [3.8, 4) is 0 Å². The molecule has 112 valence electrons. The Morgan fingerprint density at radius 3 is 2.50 bits per heavy atom. The van der Waals surface area contributed by atoms with Crippen LogP contribution in [0.3, 0.4) is 0 Å². The maximum Gasteiger partial charge on any atom is 0.433 e. The van der Waals surface area contributed by atoms with E-state index < -0.39 is 17.4 Å². The molecule has 1 aliphatic heterocycles. The van der Waals surface area contributed by atoms with Gasteiger partial charge in [-0.3, -0.25) is 14.7 Å². The first-order chi connectivity index (χ1) is 9.40. The van der Waals surface area contributed by atoms with E-state index in [1.807, 2.05) is 0 Å². The predicted molar refractivity (Wildman–Crippen MR) is 68.8 cm³/mol. The molecule has 1 N–H and O–H groups in total. The molecule has 5 nitrogen and oxygen atoms in total. The van der Waals surface area contributed by atoms with Crippen molar-refractivity contribution in [2.75, 3.05) is 37.6 Å². The van der Waals surface area contributed by atoms with Crippen molar-refractivity contribution < 1.29 is 13.2 Å². The van der Waals surface area contributed by atoms with Crippen molar-refractivity contribution >= 4 is 5.95 Å². The molecule has 8 heteroatoms. The highest BCUT2D eigenvalue weighted by Gasteiger charge is 2.34. The summed E-state index contributed by atoms with van der Waals surface area (Å²) in [6.45, 7) is 5.69. The topological polar surface area (TPSA) is 52.2 Å². The van der Waals surface area contributed by atoms with Gasteiger partial charge in [0.2, 0.25) is 5.95 Å². The molecule has 1 saturated heterocycles. The van der Waals surface area contributed by atoms with Gasteiger partial charge in [-0.1, -0.05) is 6.92 Å². The molecule has 1 fully saturated rings. The molecule has 2 heterocycles. The van der Waals surface area contributed by atoms with Gasteiger partial charge in [0.25, 0.3) is 5.56 Å². The molecule has 1 aromatic rings. The van der Waals surface area contributed by atoms with Gasteiger partial charge in [-0.05, 0) is 13.0 Å². The second kappa shape index (κ2) is 5.82. The number of rotatable bonds is 3. The second-order valence-corrected chi connectivity index (χ2v) is 4.78. The Morgan fingerprint density at radius 2 is 1.95 bits per heavy atom. The lowest BCUT2D eigenvalue weighted by atomic mass is 10.3. The summed E-state index contributed by atoms with van der Waals surface area (Å²) in [5, 5.41) is 0. The van der Waals surface area contributed by atoms with Gasteiger partial charge in [-0.15, -0.1) is 0 Å². The third-order valence-corrected chi connectivity index (χ3v) is 3.23. The number of aromatic nitrogens is 2. The van der Waals surface area contributed by atoms with E-state index in [1.54, 1.807) is 4.90 Å². The van der Waals surface area contributed by atoms with Crippen LogP contribution in [0.25, 0.3) is 0 Å². The van der Waals surface area contributed by atoms with E-state index in [0.29, 0.717) is 19.2 Å². The number of hydrogen-bond acceptors (Lipinski definition) is 4. The zero-order valence-electron chi connectivity index (χ0n) is 11.2. The maximum atomic E-state index is 12.6. The van der Waals surface area contributed by atoms with Gasteiger partial charge in [0.1, 0.15) is 0 Å². The van der Waals surface area contributed by atoms with Crippen LogP contribution in [0.1, 0.15) is 19.0 Å². The fourth-order valence-electron chi connectivity index (χ4n) is 2.24. The number of nitrogens with zero attached hydrogens (tertiary/aromatic N) is 3. The largest absolute Gasteiger partial charge is 0.433 e. The van der Waals surface area contributed by atoms with Crippen LogP contribution in [-0.2, 0) is 6.18 Å². The highest BCUT2D eigenvalue weighted by molar-refractivity contribution is 5.31. The lowest BCUT2D eigenvalue weighted by molar-refractivity contribution is -0.141. The molecule has 0 amide bonds. The fraction of sp³-hybridized carbons (Fsp3) is 0.667. The molecule has 0 spiro atoms. The van der Waals surface area contributed by atoms with Crippen LogP contribution in [0.4, 0.5) is 19.1 Å². The van der Waals surface area contributed by atoms with E-state index in [9.17, 15) is 18.0 Å².